The molecule has 0 aliphatic carbocycles. The Morgan fingerprint density at radius 3 is 2.04 bits per heavy atom. The molecule has 25 heavy (non-hydrogen) atoms. The minimum absolute atomic E-state index is 0.564. The van der Waals surface area contributed by atoms with Gasteiger partial charge in [-0.15, -0.1) is 0 Å². The number of piperazine rings is 1. The van der Waals surface area contributed by atoms with Crippen LogP contribution in [0.3, 0.4) is 0 Å². The molecular weight excluding hydrogens is 306 g/mol. The van der Waals surface area contributed by atoms with Gasteiger partial charge in [0.2, 0.25) is 0 Å². The van der Waals surface area contributed by atoms with Crippen molar-refractivity contribution in [2.75, 3.05) is 39.3 Å². The third kappa shape index (κ3) is 5.13. The van der Waals surface area contributed by atoms with E-state index in [9.17, 15) is 0 Å². The van der Waals surface area contributed by atoms with Crippen LogP contribution in [0, 0.1) is 5.92 Å². The average Bonchev–Trinajstić information content (AvgIpc) is 2.64. The van der Waals surface area contributed by atoms with Gasteiger partial charge in [0.05, 0.1) is 5.69 Å². The molecule has 1 aromatic heterocycles. The standard InChI is InChI=1S/C22H31N3/c1-18(2)16-24-12-14-25(15-13-24)17-19(3)20-7-9-21(10-8-20)22-6-4-5-11-23-22/h4-11,18-19H,12-17H2,1-3H3. The van der Waals surface area contributed by atoms with Crippen molar-refractivity contribution in [1.82, 2.24) is 14.8 Å². The highest BCUT2D eigenvalue weighted by Crippen LogP contribution is 2.22. The van der Waals surface area contributed by atoms with Crippen LogP contribution in [-0.2, 0) is 0 Å². The van der Waals surface area contributed by atoms with Crippen LogP contribution in [0.25, 0.3) is 11.3 Å². The highest BCUT2D eigenvalue weighted by Gasteiger charge is 2.19. The van der Waals surface area contributed by atoms with Crippen molar-refractivity contribution in [2.24, 2.45) is 5.92 Å². The van der Waals surface area contributed by atoms with Crippen molar-refractivity contribution in [1.29, 1.82) is 0 Å². The Bertz CT molecular complexity index is 628. The van der Waals surface area contributed by atoms with E-state index in [1.54, 1.807) is 0 Å². The highest BCUT2D eigenvalue weighted by molar-refractivity contribution is 5.59. The van der Waals surface area contributed by atoms with Gasteiger partial charge in [0.1, 0.15) is 0 Å². The summed E-state index contributed by atoms with van der Waals surface area (Å²) in [6.07, 6.45) is 1.85. The second kappa shape index (κ2) is 8.59. The number of hydrogen-bond acceptors (Lipinski definition) is 3. The molecule has 1 aromatic carbocycles. The van der Waals surface area contributed by atoms with Gasteiger partial charge in [-0.1, -0.05) is 51.1 Å². The summed E-state index contributed by atoms with van der Waals surface area (Å²) < 4.78 is 0. The van der Waals surface area contributed by atoms with Gasteiger partial charge in [-0.2, -0.15) is 0 Å². The van der Waals surface area contributed by atoms with E-state index in [4.69, 9.17) is 0 Å². The van der Waals surface area contributed by atoms with Crippen molar-refractivity contribution in [3.8, 4) is 11.3 Å². The molecule has 0 amide bonds. The molecule has 2 aromatic rings. The maximum absolute atomic E-state index is 4.43. The quantitative estimate of drug-likeness (QED) is 0.790. The molecule has 134 valence electrons. The minimum atomic E-state index is 0.564. The van der Waals surface area contributed by atoms with Crippen LogP contribution in [-0.4, -0.2) is 54.1 Å². The maximum Gasteiger partial charge on any atom is 0.0701 e. The normalized spacial score (nSPS) is 17.8. The second-order valence-corrected chi connectivity index (χ2v) is 7.73. The van der Waals surface area contributed by atoms with Crippen molar-refractivity contribution in [3.63, 3.8) is 0 Å². The summed E-state index contributed by atoms with van der Waals surface area (Å²) in [6, 6.07) is 15.0. The molecule has 3 heteroatoms. The van der Waals surface area contributed by atoms with E-state index in [2.05, 4.69) is 65.9 Å². The average molecular weight is 338 g/mol. The first-order valence-electron chi connectivity index (χ1n) is 9.58. The number of nitrogens with zero attached hydrogens (tertiary/aromatic N) is 3. The third-order valence-electron chi connectivity index (χ3n) is 5.06. The molecular formula is C22H31N3. The predicted molar refractivity (Wildman–Crippen MR) is 106 cm³/mol. The van der Waals surface area contributed by atoms with Crippen LogP contribution >= 0.6 is 0 Å². The van der Waals surface area contributed by atoms with Crippen molar-refractivity contribution in [3.05, 3.63) is 54.2 Å². The summed E-state index contributed by atoms with van der Waals surface area (Å²) in [5.74, 6) is 1.33. The maximum atomic E-state index is 4.43. The SMILES string of the molecule is CC(C)CN1CCN(CC(C)c2ccc(-c3ccccn3)cc2)CC1. The molecule has 1 saturated heterocycles. The molecule has 1 aliphatic rings. The lowest BCUT2D eigenvalue weighted by Gasteiger charge is -2.36. The lowest BCUT2D eigenvalue weighted by atomic mass is 9.98. The Labute approximate surface area is 152 Å². The first kappa shape index (κ1) is 18.1. The fraction of sp³-hybridized carbons (Fsp3) is 0.500. The molecule has 1 aliphatic heterocycles. The molecule has 0 spiro atoms. The molecule has 0 radical (unpaired) electrons. The van der Waals surface area contributed by atoms with Gasteiger partial charge in [-0.25, -0.2) is 0 Å². The predicted octanol–water partition coefficient (Wildman–Crippen LogP) is 4.13. The second-order valence-electron chi connectivity index (χ2n) is 7.73. The Balaban J connectivity index is 1.53. The highest BCUT2D eigenvalue weighted by atomic mass is 15.3. The van der Waals surface area contributed by atoms with Gasteiger partial charge in [-0.3, -0.25) is 4.98 Å². The van der Waals surface area contributed by atoms with Crippen molar-refractivity contribution < 1.29 is 0 Å². The van der Waals surface area contributed by atoms with Crippen LogP contribution in [0.2, 0.25) is 0 Å². The molecule has 0 saturated carbocycles. The van der Waals surface area contributed by atoms with E-state index >= 15 is 0 Å². The molecule has 1 fully saturated rings. The minimum Gasteiger partial charge on any atom is -0.301 e. The van der Waals surface area contributed by atoms with Gasteiger partial charge in [0.25, 0.3) is 0 Å². The van der Waals surface area contributed by atoms with E-state index in [1.807, 2.05) is 18.3 Å². The summed E-state index contributed by atoms with van der Waals surface area (Å²) >= 11 is 0. The monoisotopic (exact) mass is 337 g/mol. The van der Waals surface area contributed by atoms with E-state index in [1.165, 1.54) is 43.9 Å². The Morgan fingerprint density at radius 1 is 0.840 bits per heavy atom. The smallest absolute Gasteiger partial charge is 0.0701 e. The molecule has 3 rings (SSSR count). The van der Waals surface area contributed by atoms with Crippen LogP contribution in [0.4, 0.5) is 0 Å². The summed E-state index contributed by atoms with van der Waals surface area (Å²) in [5.41, 5.74) is 3.66. The van der Waals surface area contributed by atoms with Crippen LogP contribution in [0.1, 0.15) is 32.3 Å². The summed E-state index contributed by atoms with van der Waals surface area (Å²) in [6.45, 7) is 14.2. The summed E-state index contributed by atoms with van der Waals surface area (Å²) in [5, 5.41) is 0. The van der Waals surface area contributed by atoms with Crippen LogP contribution in [0.15, 0.2) is 48.7 Å². The topological polar surface area (TPSA) is 19.4 Å². The molecule has 0 bridgehead atoms. The third-order valence-corrected chi connectivity index (χ3v) is 5.06. The Kier molecular flexibility index (Phi) is 6.22. The first-order chi connectivity index (χ1) is 12.1. The number of benzene rings is 1. The van der Waals surface area contributed by atoms with E-state index in [0.29, 0.717) is 5.92 Å². The zero-order chi connectivity index (χ0) is 17.6. The number of hydrogen-bond donors (Lipinski definition) is 0. The molecule has 0 N–H and O–H groups in total. The fourth-order valence-electron chi connectivity index (χ4n) is 3.68. The lowest BCUT2D eigenvalue weighted by molar-refractivity contribution is 0.118. The summed E-state index contributed by atoms with van der Waals surface area (Å²) in [7, 11) is 0. The van der Waals surface area contributed by atoms with Crippen molar-refractivity contribution in [2.45, 2.75) is 26.7 Å². The van der Waals surface area contributed by atoms with Gasteiger partial charge in [-0.05, 0) is 29.5 Å². The molecule has 3 nitrogen and oxygen atoms in total. The summed E-state index contributed by atoms with van der Waals surface area (Å²) in [4.78, 5) is 9.66. The van der Waals surface area contributed by atoms with E-state index < -0.39 is 0 Å². The first-order valence-corrected chi connectivity index (χ1v) is 9.58. The number of rotatable bonds is 6. The van der Waals surface area contributed by atoms with Gasteiger partial charge < -0.3 is 9.80 Å². The lowest BCUT2D eigenvalue weighted by Crippen LogP contribution is -2.48. The molecule has 1 unspecified atom stereocenters. The largest absolute Gasteiger partial charge is 0.301 e. The molecule has 2 heterocycles. The zero-order valence-corrected chi connectivity index (χ0v) is 15.9. The van der Waals surface area contributed by atoms with Crippen molar-refractivity contribution >= 4 is 0 Å². The fourth-order valence-corrected chi connectivity index (χ4v) is 3.68. The number of pyridine rings is 1. The van der Waals surface area contributed by atoms with Crippen LogP contribution in [0.5, 0.6) is 0 Å². The van der Waals surface area contributed by atoms with Gasteiger partial charge in [0, 0.05) is 51.0 Å². The number of aromatic nitrogens is 1. The van der Waals surface area contributed by atoms with Gasteiger partial charge in [0.15, 0.2) is 0 Å². The van der Waals surface area contributed by atoms with E-state index in [-0.39, 0.29) is 0 Å². The Hall–Kier alpha value is -1.71. The Morgan fingerprint density at radius 2 is 1.48 bits per heavy atom. The van der Waals surface area contributed by atoms with Crippen LogP contribution < -0.4 is 0 Å². The zero-order valence-electron chi connectivity index (χ0n) is 15.9. The molecule has 1 atom stereocenters. The van der Waals surface area contributed by atoms with Gasteiger partial charge >= 0.3 is 0 Å². The van der Waals surface area contributed by atoms with E-state index in [0.717, 1.165) is 18.2 Å².